The number of nitrogens with zero attached hydrogens (tertiary/aromatic N) is 2. The van der Waals surface area contributed by atoms with Crippen LogP contribution in [-0.4, -0.2) is 66.0 Å². The molecule has 38 heavy (non-hydrogen) atoms. The molecule has 1 fully saturated rings. The molecule has 1 heterocycles. The standard InChI is InChI=1S/C31H42N2O5/c1-5-9-10-22-38-26-16-12-23(13-17-26)28-27(29(34)24-14-18-25(19-15-24)37-8-4)30(35)31(36)33(28)21-11-20-32(6-2)7-3/h12-19,28,34H,5-11,20-22H2,1-4H3/t28-/m1/s1. The number of Topliss-reactive ketones (excluding diaryl/α,β-unsaturated/α-hetero) is 1. The van der Waals surface area contributed by atoms with E-state index in [2.05, 4.69) is 25.7 Å². The number of benzene rings is 2. The van der Waals surface area contributed by atoms with Crippen molar-refractivity contribution in [2.24, 2.45) is 0 Å². The van der Waals surface area contributed by atoms with Gasteiger partial charge >= 0.3 is 0 Å². The number of aliphatic hydroxyl groups excluding tert-OH is 1. The van der Waals surface area contributed by atoms with Gasteiger partial charge < -0.3 is 24.4 Å². The van der Waals surface area contributed by atoms with Gasteiger partial charge in [-0.2, -0.15) is 0 Å². The van der Waals surface area contributed by atoms with Crippen LogP contribution in [0.3, 0.4) is 0 Å². The highest BCUT2D eigenvalue weighted by molar-refractivity contribution is 6.46. The topological polar surface area (TPSA) is 79.3 Å². The zero-order valence-corrected chi connectivity index (χ0v) is 23.2. The minimum atomic E-state index is -0.674. The van der Waals surface area contributed by atoms with Crippen LogP contribution in [-0.2, 0) is 9.59 Å². The monoisotopic (exact) mass is 522 g/mol. The van der Waals surface area contributed by atoms with Crippen LogP contribution in [0.2, 0.25) is 0 Å². The van der Waals surface area contributed by atoms with Crippen molar-refractivity contribution in [3.05, 3.63) is 65.2 Å². The van der Waals surface area contributed by atoms with E-state index in [1.54, 1.807) is 29.2 Å². The normalized spacial score (nSPS) is 16.9. The molecule has 0 radical (unpaired) electrons. The summed E-state index contributed by atoms with van der Waals surface area (Å²) in [5, 5.41) is 11.3. The van der Waals surface area contributed by atoms with E-state index in [4.69, 9.17) is 9.47 Å². The fourth-order valence-corrected chi connectivity index (χ4v) is 4.78. The summed E-state index contributed by atoms with van der Waals surface area (Å²) in [6.07, 6.45) is 3.97. The van der Waals surface area contributed by atoms with Gasteiger partial charge in [-0.05, 0) is 81.4 Å². The van der Waals surface area contributed by atoms with Crippen molar-refractivity contribution in [2.45, 2.75) is 59.4 Å². The van der Waals surface area contributed by atoms with E-state index in [0.717, 1.165) is 56.6 Å². The summed E-state index contributed by atoms with van der Waals surface area (Å²) in [6.45, 7) is 12.5. The molecule has 0 saturated carbocycles. The highest BCUT2D eigenvalue weighted by Crippen LogP contribution is 2.40. The highest BCUT2D eigenvalue weighted by atomic mass is 16.5. The zero-order chi connectivity index (χ0) is 27.5. The summed E-state index contributed by atoms with van der Waals surface area (Å²) in [4.78, 5) is 30.4. The third-order valence-corrected chi connectivity index (χ3v) is 6.96. The summed E-state index contributed by atoms with van der Waals surface area (Å²) >= 11 is 0. The Hall–Kier alpha value is -3.32. The fourth-order valence-electron chi connectivity index (χ4n) is 4.78. The number of hydrogen-bond donors (Lipinski definition) is 1. The van der Waals surface area contributed by atoms with Crippen LogP contribution < -0.4 is 9.47 Å². The lowest BCUT2D eigenvalue weighted by molar-refractivity contribution is -0.140. The number of carbonyl (C=O) groups excluding carboxylic acids is 2. The molecule has 0 bridgehead atoms. The Morgan fingerprint density at radius 1 is 0.868 bits per heavy atom. The fraction of sp³-hybridized carbons (Fsp3) is 0.484. The first kappa shape index (κ1) is 29.2. The van der Waals surface area contributed by atoms with Gasteiger partial charge in [0.15, 0.2) is 0 Å². The van der Waals surface area contributed by atoms with Crippen molar-refractivity contribution in [1.29, 1.82) is 0 Å². The average molecular weight is 523 g/mol. The number of likely N-dealkylation sites (tertiary alicyclic amines) is 1. The predicted molar refractivity (Wildman–Crippen MR) is 150 cm³/mol. The Bertz CT molecular complexity index is 1070. The molecule has 206 valence electrons. The summed E-state index contributed by atoms with van der Waals surface area (Å²) in [5.74, 6) is -0.00425. The van der Waals surface area contributed by atoms with Gasteiger partial charge in [0.05, 0.1) is 24.8 Å². The number of amides is 1. The maximum Gasteiger partial charge on any atom is 0.295 e. The van der Waals surface area contributed by atoms with E-state index >= 15 is 0 Å². The Kier molecular flexibility index (Phi) is 11.2. The first-order valence-corrected chi connectivity index (χ1v) is 13.9. The Labute approximate surface area is 227 Å². The Morgan fingerprint density at radius 3 is 2.11 bits per heavy atom. The third kappa shape index (κ3) is 7.16. The number of hydrogen-bond acceptors (Lipinski definition) is 6. The van der Waals surface area contributed by atoms with Crippen molar-refractivity contribution >= 4 is 17.4 Å². The first-order chi connectivity index (χ1) is 18.4. The molecule has 2 aromatic rings. The quantitative estimate of drug-likeness (QED) is 0.138. The number of ether oxygens (including phenoxy) is 2. The minimum Gasteiger partial charge on any atom is -0.507 e. The largest absolute Gasteiger partial charge is 0.507 e. The maximum absolute atomic E-state index is 13.3. The number of unbranched alkanes of at least 4 members (excludes halogenated alkanes) is 2. The predicted octanol–water partition coefficient (Wildman–Crippen LogP) is 5.81. The van der Waals surface area contributed by atoms with E-state index in [0.29, 0.717) is 31.1 Å². The molecule has 7 heteroatoms. The molecule has 0 aliphatic carbocycles. The van der Waals surface area contributed by atoms with Gasteiger partial charge in [0.1, 0.15) is 17.3 Å². The molecule has 2 aromatic carbocycles. The van der Waals surface area contributed by atoms with Crippen LogP contribution in [0.25, 0.3) is 5.76 Å². The SMILES string of the molecule is CCCCCOc1ccc([C@@H]2C(=C(O)c3ccc(OCC)cc3)C(=O)C(=O)N2CCCN(CC)CC)cc1. The molecule has 1 atom stereocenters. The Balaban J connectivity index is 1.94. The number of ketones is 1. The second-order valence-corrected chi connectivity index (χ2v) is 9.45. The van der Waals surface area contributed by atoms with E-state index in [1.807, 2.05) is 31.2 Å². The molecule has 3 rings (SSSR count). The van der Waals surface area contributed by atoms with Crippen molar-refractivity contribution in [3.63, 3.8) is 0 Å². The summed E-state index contributed by atoms with van der Waals surface area (Å²) < 4.78 is 11.4. The van der Waals surface area contributed by atoms with Crippen LogP contribution in [0.4, 0.5) is 0 Å². The first-order valence-electron chi connectivity index (χ1n) is 13.9. The number of rotatable bonds is 15. The second kappa shape index (κ2) is 14.6. The lowest BCUT2D eigenvalue weighted by Gasteiger charge is -2.27. The smallest absolute Gasteiger partial charge is 0.295 e. The summed E-state index contributed by atoms with van der Waals surface area (Å²) in [7, 11) is 0. The molecular weight excluding hydrogens is 480 g/mol. The van der Waals surface area contributed by atoms with Crippen molar-refractivity contribution in [3.8, 4) is 11.5 Å². The van der Waals surface area contributed by atoms with E-state index in [9.17, 15) is 14.7 Å². The van der Waals surface area contributed by atoms with Gasteiger partial charge in [-0.15, -0.1) is 0 Å². The number of aliphatic hydroxyl groups is 1. The third-order valence-electron chi connectivity index (χ3n) is 6.96. The van der Waals surface area contributed by atoms with Crippen molar-refractivity contribution in [1.82, 2.24) is 9.80 Å². The average Bonchev–Trinajstić information content (AvgIpc) is 3.19. The maximum atomic E-state index is 13.3. The zero-order valence-electron chi connectivity index (χ0n) is 23.2. The lowest BCUT2D eigenvalue weighted by atomic mass is 9.95. The van der Waals surface area contributed by atoms with Crippen molar-refractivity contribution < 1.29 is 24.2 Å². The molecule has 7 nitrogen and oxygen atoms in total. The second-order valence-electron chi connectivity index (χ2n) is 9.45. The van der Waals surface area contributed by atoms with Gasteiger partial charge in [0.25, 0.3) is 11.7 Å². The van der Waals surface area contributed by atoms with Gasteiger partial charge in [-0.25, -0.2) is 0 Å². The van der Waals surface area contributed by atoms with Crippen LogP contribution in [0.1, 0.15) is 70.5 Å². The minimum absolute atomic E-state index is 0.110. The molecule has 1 aliphatic heterocycles. The van der Waals surface area contributed by atoms with Crippen LogP contribution in [0.15, 0.2) is 54.1 Å². The van der Waals surface area contributed by atoms with Gasteiger partial charge in [0.2, 0.25) is 0 Å². The van der Waals surface area contributed by atoms with Crippen LogP contribution >= 0.6 is 0 Å². The molecule has 0 spiro atoms. The van der Waals surface area contributed by atoms with Crippen LogP contribution in [0.5, 0.6) is 11.5 Å². The molecule has 1 saturated heterocycles. The summed E-state index contributed by atoms with van der Waals surface area (Å²) in [5.41, 5.74) is 1.34. The van der Waals surface area contributed by atoms with E-state index in [-0.39, 0.29) is 11.3 Å². The van der Waals surface area contributed by atoms with Crippen molar-refractivity contribution in [2.75, 3.05) is 39.4 Å². The molecule has 0 aromatic heterocycles. The lowest BCUT2D eigenvalue weighted by Crippen LogP contribution is -2.33. The molecule has 1 N–H and O–H groups in total. The van der Waals surface area contributed by atoms with E-state index in [1.165, 1.54) is 0 Å². The highest BCUT2D eigenvalue weighted by Gasteiger charge is 2.45. The van der Waals surface area contributed by atoms with E-state index < -0.39 is 17.7 Å². The van der Waals surface area contributed by atoms with Gasteiger partial charge in [0, 0.05) is 12.1 Å². The van der Waals surface area contributed by atoms with Crippen LogP contribution in [0, 0.1) is 0 Å². The number of carbonyl (C=O) groups is 2. The molecule has 0 unspecified atom stereocenters. The summed E-state index contributed by atoms with van der Waals surface area (Å²) in [6, 6.07) is 13.7. The van der Waals surface area contributed by atoms with Gasteiger partial charge in [-0.3, -0.25) is 9.59 Å². The Morgan fingerprint density at radius 2 is 1.50 bits per heavy atom. The molecule has 1 amide bonds. The molecule has 1 aliphatic rings. The van der Waals surface area contributed by atoms with Gasteiger partial charge in [-0.1, -0.05) is 45.7 Å². The molecular formula is C31H42N2O5.